The third-order valence-electron chi connectivity index (χ3n) is 6.76. The molecule has 0 spiro atoms. The molecule has 2 aromatic carbocycles. The van der Waals surface area contributed by atoms with Crippen LogP contribution in [0.5, 0.6) is 0 Å². The first-order valence-corrected chi connectivity index (χ1v) is 12.5. The van der Waals surface area contributed by atoms with Crippen molar-refractivity contribution in [1.29, 1.82) is 0 Å². The minimum Gasteiger partial charge on any atom is -0.459 e. The molecule has 2 aromatic rings. The predicted octanol–water partition coefficient (Wildman–Crippen LogP) is 5.79. The van der Waals surface area contributed by atoms with Crippen molar-refractivity contribution < 1.29 is 19.1 Å². The molecule has 4 rings (SSSR count). The molecule has 0 aromatic heterocycles. The van der Waals surface area contributed by atoms with Crippen LogP contribution < -0.4 is 0 Å². The van der Waals surface area contributed by atoms with E-state index in [4.69, 9.17) is 9.47 Å². The molecule has 2 aliphatic rings. The van der Waals surface area contributed by atoms with Crippen molar-refractivity contribution in [3.8, 4) is 11.1 Å². The summed E-state index contributed by atoms with van der Waals surface area (Å²) < 4.78 is 11.4. The fourth-order valence-corrected chi connectivity index (χ4v) is 4.99. The highest BCUT2D eigenvalue weighted by Gasteiger charge is 2.38. The molecule has 1 saturated heterocycles. The lowest BCUT2D eigenvalue weighted by Gasteiger charge is -2.40. The van der Waals surface area contributed by atoms with E-state index >= 15 is 0 Å². The maximum absolute atomic E-state index is 12.8. The van der Waals surface area contributed by atoms with Gasteiger partial charge in [0, 0.05) is 24.9 Å². The minimum atomic E-state index is -0.538. The Morgan fingerprint density at radius 2 is 1.56 bits per heavy atom. The molecule has 0 bridgehead atoms. The third kappa shape index (κ3) is 4.65. The highest BCUT2D eigenvalue weighted by molar-refractivity contribution is 14.1. The number of fused-ring (bicyclic) bond motifs is 3. The second-order valence-corrected chi connectivity index (χ2v) is 11.1. The third-order valence-corrected chi connectivity index (χ3v) is 7.27. The van der Waals surface area contributed by atoms with Crippen LogP contribution in [-0.2, 0) is 14.3 Å². The molecule has 170 valence electrons. The van der Waals surface area contributed by atoms with Gasteiger partial charge in [0.25, 0.3) is 0 Å². The van der Waals surface area contributed by atoms with Gasteiger partial charge >= 0.3 is 12.1 Å². The first-order valence-electron chi connectivity index (χ1n) is 11.2. The molecular weight excluding hydrogens is 517 g/mol. The number of piperidine rings is 1. The van der Waals surface area contributed by atoms with Crippen molar-refractivity contribution in [2.45, 2.75) is 49.1 Å². The standard InChI is InChI=1S/C26H30INO4/c1-17(27)24(29)32-26(2,3)18-12-14-28(15-13-18)25(30)31-16-23-21-10-6-4-8-19(21)20-9-5-7-11-22(20)23/h4-11,17-18,23H,12-16H2,1-3H3. The largest absolute Gasteiger partial charge is 0.459 e. The van der Waals surface area contributed by atoms with Crippen LogP contribution in [0.25, 0.3) is 11.1 Å². The highest BCUT2D eigenvalue weighted by Crippen LogP contribution is 2.44. The Balaban J connectivity index is 1.34. The number of carbonyl (C=O) groups excluding carboxylic acids is 2. The van der Waals surface area contributed by atoms with E-state index in [1.165, 1.54) is 22.3 Å². The Hall–Kier alpha value is -2.09. The summed E-state index contributed by atoms with van der Waals surface area (Å²) in [5.41, 5.74) is 4.34. The number of hydrogen-bond acceptors (Lipinski definition) is 4. The van der Waals surface area contributed by atoms with Crippen LogP contribution in [0.15, 0.2) is 48.5 Å². The molecule has 32 heavy (non-hydrogen) atoms. The lowest BCUT2D eigenvalue weighted by molar-refractivity contribution is -0.162. The monoisotopic (exact) mass is 547 g/mol. The number of esters is 1. The van der Waals surface area contributed by atoms with Crippen molar-refractivity contribution in [1.82, 2.24) is 4.90 Å². The van der Waals surface area contributed by atoms with Crippen molar-refractivity contribution in [3.63, 3.8) is 0 Å². The Kier molecular flexibility index (Phi) is 6.79. The van der Waals surface area contributed by atoms with Crippen LogP contribution in [0.1, 0.15) is 50.7 Å². The molecule has 0 radical (unpaired) electrons. The van der Waals surface area contributed by atoms with Crippen LogP contribution in [0.2, 0.25) is 0 Å². The van der Waals surface area contributed by atoms with E-state index in [0.717, 1.165) is 12.8 Å². The number of amides is 1. The summed E-state index contributed by atoms with van der Waals surface area (Å²) in [5, 5.41) is 0. The average Bonchev–Trinajstić information content (AvgIpc) is 3.11. The van der Waals surface area contributed by atoms with Crippen LogP contribution in [0.4, 0.5) is 4.79 Å². The normalized spacial score (nSPS) is 17.4. The quantitative estimate of drug-likeness (QED) is 0.270. The zero-order chi connectivity index (χ0) is 22.9. The summed E-state index contributed by atoms with van der Waals surface area (Å²) in [6, 6.07) is 16.7. The smallest absolute Gasteiger partial charge is 0.409 e. The summed E-state index contributed by atoms with van der Waals surface area (Å²) in [6.45, 7) is 7.33. The van der Waals surface area contributed by atoms with Gasteiger partial charge in [0.2, 0.25) is 0 Å². The molecule has 0 N–H and O–H groups in total. The number of halogens is 1. The van der Waals surface area contributed by atoms with E-state index in [1.54, 1.807) is 4.90 Å². The molecule has 1 unspecified atom stereocenters. The molecule has 5 nitrogen and oxygen atoms in total. The van der Waals surface area contributed by atoms with Gasteiger partial charge in [-0.05, 0) is 55.9 Å². The van der Waals surface area contributed by atoms with Crippen LogP contribution in [0.3, 0.4) is 0 Å². The van der Waals surface area contributed by atoms with E-state index in [0.29, 0.717) is 19.7 Å². The van der Waals surface area contributed by atoms with Crippen LogP contribution in [0, 0.1) is 5.92 Å². The maximum Gasteiger partial charge on any atom is 0.409 e. The number of alkyl halides is 1. The summed E-state index contributed by atoms with van der Waals surface area (Å²) in [4.78, 5) is 26.6. The van der Waals surface area contributed by atoms with Gasteiger partial charge < -0.3 is 14.4 Å². The van der Waals surface area contributed by atoms with E-state index in [-0.39, 0.29) is 27.8 Å². The van der Waals surface area contributed by atoms with Gasteiger partial charge in [-0.1, -0.05) is 71.1 Å². The van der Waals surface area contributed by atoms with E-state index in [9.17, 15) is 9.59 Å². The number of benzene rings is 2. The van der Waals surface area contributed by atoms with Gasteiger partial charge in [0.15, 0.2) is 0 Å². The van der Waals surface area contributed by atoms with E-state index < -0.39 is 5.60 Å². The molecule has 0 saturated carbocycles. The summed E-state index contributed by atoms with van der Waals surface area (Å²) in [5.74, 6) is 0.103. The number of carbonyl (C=O) groups is 2. The number of ether oxygens (including phenoxy) is 2. The van der Waals surface area contributed by atoms with E-state index in [1.807, 2.05) is 45.0 Å². The van der Waals surface area contributed by atoms with Gasteiger partial charge in [-0.3, -0.25) is 4.79 Å². The molecule has 1 fully saturated rings. The first kappa shape index (κ1) is 23.1. The Bertz CT molecular complexity index is 949. The molecular formula is C26H30INO4. The number of rotatable bonds is 5. The molecule has 1 aliphatic heterocycles. The molecule has 1 aliphatic carbocycles. The van der Waals surface area contributed by atoms with Gasteiger partial charge in [0.1, 0.15) is 16.1 Å². The highest BCUT2D eigenvalue weighted by atomic mass is 127. The zero-order valence-corrected chi connectivity index (χ0v) is 21.0. The van der Waals surface area contributed by atoms with Crippen LogP contribution in [-0.4, -0.2) is 46.2 Å². The van der Waals surface area contributed by atoms with Gasteiger partial charge in [-0.25, -0.2) is 4.79 Å². The fraction of sp³-hybridized carbons (Fsp3) is 0.462. The zero-order valence-electron chi connectivity index (χ0n) is 18.8. The SMILES string of the molecule is CC(I)C(=O)OC(C)(C)C1CCN(C(=O)OCC2c3ccccc3-c3ccccc32)CC1. The first-order chi connectivity index (χ1) is 15.3. The van der Waals surface area contributed by atoms with Gasteiger partial charge in [0.05, 0.1) is 0 Å². The van der Waals surface area contributed by atoms with Crippen molar-refractivity contribution in [2.24, 2.45) is 5.92 Å². The Morgan fingerprint density at radius 3 is 2.09 bits per heavy atom. The topological polar surface area (TPSA) is 55.8 Å². The van der Waals surface area contributed by atoms with Gasteiger partial charge in [-0.15, -0.1) is 0 Å². The van der Waals surface area contributed by atoms with E-state index in [2.05, 4.69) is 46.9 Å². The van der Waals surface area contributed by atoms with Gasteiger partial charge in [-0.2, -0.15) is 0 Å². The van der Waals surface area contributed by atoms with Crippen molar-refractivity contribution in [2.75, 3.05) is 19.7 Å². The Labute approximate surface area is 203 Å². The number of likely N-dealkylation sites (tertiary alicyclic amines) is 1. The van der Waals surface area contributed by atoms with Crippen molar-refractivity contribution >= 4 is 34.7 Å². The lowest BCUT2D eigenvalue weighted by atomic mass is 9.83. The summed E-state index contributed by atoms with van der Waals surface area (Å²) >= 11 is 2.07. The molecule has 6 heteroatoms. The minimum absolute atomic E-state index is 0.0671. The lowest BCUT2D eigenvalue weighted by Crippen LogP contribution is -2.46. The number of nitrogens with zero attached hydrogens (tertiary/aromatic N) is 1. The summed E-state index contributed by atoms with van der Waals surface area (Å²) in [7, 11) is 0. The molecule has 1 amide bonds. The van der Waals surface area contributed by atoms with Crippen molar-refractivity contribution in [3.05, 3.63) is 59.7 Å². The average molecular weight is 547 g/mol. The summed E-state index contributed by atoms with van der Waals surface area (Å²) in [6.07, 6.45) is 1.32. The fourth-order valence-electron chi connectivity index (χ4n) is 4.87. The molecule has 1 atom stereocenters. The van der Waals surface area contributed by atoms with Crippen LogP contribution >= 0.6 is 22.6 Å². The second-order valence-electron chi connectivity index (χ2n) is 9.21. The predicted molar refractivity (Wildman–Crippen MR) is 133 cm³/mol. The maximum atomic E-state index is 12.8. The Morgan fingerprint density at radius 1 is 1.03 bits per heavy atom. The number of hydrogen-bond donors (Lipinski definition) is 0. The second kappa shape index (κ2) is 9.41. The molecule has 1 heterocycles.